The number of amides is 3. The molecule has 56 heavy (non-hydrogen) atoms. The van der Waals surface area contributed by atoms with Gasteiger partial charge in [-0.25, -0.2) is 14.8 Å². The van der Waals surface area contributed by atoms with E-state index in [0.717, 1.165) is 83.6 Å². The molecular weight excluding hydrogens is 710 g/mol. The molecule has 1 saturated heterocycles. The van der Waals surface area contributed by atoms with Gasteiger partial charge in [-0.2, -0.15) is 4.39 Å². The van der Waals surface area contributed by atoms with Gasteiger partial charge in [-0.3, -0.25) is 14.6 Å². The number of fused-ring (bicyclic) bond motifs is 2. The number of aliphatic imine (C=N–C) groups is 1. The minimum absolute atomic E-state index is 0.0598. The molecule has 0 radical (unpaired) electrons. The SMILES string of the molecule is COC(=O)N[C@H](C(=O)N1CCC[C@H]1c1ncc(-c2ccc(-c3ccc(C4=CN=C([C@H]5C6CCC(C6)[C@@H]5C(=O)NCc5ccc(F)nc5)C4)cc3)cc2)[nH]1)C(C)C. The first-order chi connectivity index (χ1) is 27.2. The highest BCUT2D eigenvalue weighted by molar-refractivity contribution is 6.02. The third-order valence-corrected chi connectivity index (χ3v) is 12.2. The number of benzene rings is 2. The number of ether oxygens (including phenoxy) is 1. The van der Waals surface area contributed by atoms with Crippen LogP contribution in [0.3, 0.4) is 0 Å². The first-order valence-corrected chi connectivity index (χ1v) is 19.7. The van der Waals surface area contributed by atoms with Crippen molar-refractivity contribution in [2.75, 3.05) is 13.7 Å². The van der Waals surface area contributed by atoms with Gasteiger partial charge in [0.05, 0.1) is 25.0 Å². The van der Waals surface area contributed by atoms with Crippen molar-refractivity contribution < 1.29 is 23.5 Å². The monoisotopic (exact) mass is 757 g/mol. The van der Waals surface area contributed by atoms with Crippen LogP contribution < -0.4 is 10.6 Å². The normalized spacial score (nSPS) is 23.2. The van der Waals surface area contributed by atoms with Crippen LogP contribution >= 0.6 is 0 Å². The van der Waals surface area contributed by atoms with Gasteiger partial charge in [0.2, 0.25) is 17.8 Å². The Labute approximate surface area is 326 Å². The Balaban J connectivity index is 0.885. The standard InChI is InChI=1S/C44H48FN7O4/c1-25(2)40(51-44(55)56-3)43(54)52-18-4-5-36(52)41-48-24-35(50-41)30-13-11-28(12-14-30)27-7-9-29(10-8-27)33-20-34(46-23-33)38-31-15-16-32(19-31)39(38)42(53)49-22-26-6-17-37(45)47-21-26/h6-14,17,21,23-25,31-32,36,38-40H,4-5,15-16,18-20,22H2,1-3H3,(H,48,50)(H,49,53)(H,51,55)/t31?,32?,36-,38+,39-,40-/m0/s1. The molecule has 2 aromatic heterocycles. The maximum absolute atomic E-state index is 13.5. The number of carbonyl (C=O) groups excluding carboxylic acids is 3. The number of pyridine rings is 1. The molecule has 4 aromatic rings. The Kier molecular flexibility index (Phi) is 10.5. The van der Waals surface area contributed by atoms with E-state index in [4.69, 9.17) is 9.73 Å². The van der Waals surface area contributed by atoms with E-state index in [1.807, 2.05) is 31.1 Å². The second-order valence-electron chi connectivity index (χ2n) is 15.9. The summed E-state index contributed by atoms with van der Waals surface area (Å²) in [7, 11) is 1.29. The number of imidazole rings is 1. The molecule has 2 aliphatic heterocycles. The molecule has 2 aromatic carbocycles. The van der Waals surface area contributed by atoms with Crippen molar-refractivity contribution in [3.05, 3.63) is 102 Å². The topological polar surface area (TPSA) is 142 Å². The van der Waals surface area contributed by atoms with E-state index in [0.29, 0.717) is 24.9 Å². The van der Waals surface area contributed by atoms with Crippen LogP contribution in [0, 0.1) is 35.5 Å². The molecule has 8 rings (SSSR count). The van der Waals surface area contributed by atoms with Gasteiger partial charge in [-0.05, 0) is 89.3 Å². The zero-order chi connectivity index (χ0) is 38.9. The van der Waals surface area contributed by atoms with Crippen molar-refractivity contribution in [3.8, 4) is 22.4 Å². The summed E-state index contributed by atoms with van der Waals surface area (Å²) >= 11 is 0. The molecule has 2 bridgehead atoms. The number of allylic oxidation sites excluding steroid dienone is 1. The Morgan fingerprint density at radius 1 is 0.911 bits per heavy atom. The summed E-state index contributed by atoms with van der Waals surface area (Å²) in [6.45, 7) is 4.75. The third-order valence-electron chi connectivity index (χ3n) is 12.2. The second-order valence-corrected chi connectivity index (χ2v) is 15.9. The number of rotatable bonds is 11. The summed E-state index contributed by atoms with van der Waals surface area (Å²) in [5.74, 6) is 0.942. The predicted molar refractivity (Wildman–Crippen MR) is 211 cm³/mol. The Hall–Kier alpha value is -5.65. The minimum Gasteiger partial charge on any atom is -0.453 e. The molecule has 2 aliphatic carbocycles. The lowest BCUT2D eigenvalue weighted by molar-refractivity contribution is -0.135. The lowest BCUT2D eigenvalue weighted by Gasteiger charge is -2.30. The number of carbonyl (C=O) groups is 3. The van der Waals surface area contributed by atoms with Gasteiger partial charge >= 0.3 is 6.09 Å². The maximum Gasteiger partial charge on any atom is 0.407 e. The van der Waals surface area contributed by atoms with E-state index >= 15 is 0 Å². The number of nitrogens with zero attached hydrogens (tertiary/aromatic N) is 4. The van der Waals surface area contributed by atoms with Gasteiger partial charge < -0.3 is 25.3 Å². The first-order valence-electron chi connectivity index (χ1n) is 19.7. The molecule has 2 unspecified atom stereocenters. The number of halogens is 1. The lowest BCUT2D eigenvalue weighted by atomic mass is 9.75. The van der Waals surface area contributed by atoms with Crippen LogP contribution in [0.2, 0.25) is 0 Å². The highest BCUT2D eigenvalue weighted by Crippen LogP contribution is 2.54. The number of alkyl carbamates (subject to hydrolysis) is 1. The third kappa shape index (κ3) is 7.48. The second kappa shape index (κ2) is 15.8. The van der Waals surface area contributed by atoms with E-state index in [1.165, 1.54) is 24.9 Å². The maximum atomic E-state index is 13.5. The zero-order valence-electron chi connectivity index (χ0n) is 32.0. The van der Waals surface area contributed by atoms with E-state index in [2.05, 4.69) is 74.1 Å². The number of hydrogen-bond donors (Lipinski definition) is 3. The molecule has 4 heterocycles. The van der Waals surface area contributed by atoms with E-state index in [-0.39, 0.29) is 35.6 Å². The van der Waals surface area contributed by atoms with E-state index in [9.17, 15) is 18.8 Å². The Morgan fingerprint density at radius 3 is 2.32 bits per heavy atom. The van der Waals surface area contributed by atoms with Gasteiger partial charge in [-0.1, -0.05) is 68.4 Å². The molecule has 290 valence electrons. The summed E-state index contributed by atoms with van der Waals surface area (Å²) in [6, 6.07) is 19.0. The highest BCUT2D eigenvalue weighted by atomic mass is 19.1. The number of aromatic nitrogens is 3. The molecule has 2 saturated carbocycles. The fraction of sp³-hybridized carbons (Fsp3) is 0.409. The largest absolute Gasteiger partial charge is 0.453 e. The molecule has 3 fully saturated rings. The number of H-pyrrole nitrogens is 1. The summed E-state index contributed by atoms with van der Waals surface area (Å²) in [5.41, 5.74) is 8.25. The zero-order valence-corrected chi connectivity index (χ0v) is 32.0. The lowest BCUT2D eigenvalue weighted by Crippen LogP contribution is -2.51. The molecule has 6 atom stereocenters. The Morgan fingerprint density at radius 2 is 1.62 bits per heavy atom. The molecule has 3 N–H and O–H groups in total. The van der Waals surface area contributed by atoms with Crippen LogP contribution in [-0.4, -0.2) is 63.2 Å². The van der Waals surface area contributed by atoms with Crippen LogP contribution in [0.4, 0.5) is 9.18 Å². The summed E-state index contributed by atoms with van der Waals surface area (Å²) < 4.78 is 18.0. The smallest absolute Gasteiger partial charge is 0.407 e. The van der Waals surface area contributed by atoms with Crippen LogP contribution in [0.1, 0.15) is 75.4 Å². The average Bonchev–Trinajstić information content (AvgIpc) is 4.08. The van der Waals surface area contributed by atoms with Crippen molar-refractivity contribution in [3.63, 3.8) is 0 Å². The number of aromatic amines is 1. The van der Waals surface area contributed by atoms with Crippen molar-refractivity contribution in [1.82, 2.24) is 30.5 Å². The highest BCUT2D eigenvalue weighted by Gasteiger charge is 2.52. The van der Waals surface area contributed by atoms with Gasteiger partial charge in [-0.15, -0.1) is 0 Å². The fourth-order valence-corrected chi connectivity index (χ4v) is 9.36. The Bertz CT molecular complexity index is 2140. The summed E-state index contributed by atoms with van der Waals surface area (Å²) in [5, 5.41) is 5.80. The van der Waals surface area contributed by atoms with Gasteiger partial charge in [0.1, 0.15) is 11.9 Å². The number of likely N-dealkylation sites (tertiary alicyclic amines) is 1. The predicted octanol–water partition coefficient (Wildman–Crippen LogP) is 7.49. The quantitative estimate of drug-likeness (QED) is 0.136. The molecule has 3 amide bonds. The van der Waals surface area contributed by atoms with Gasteiger partial charge in [0.15, 0.2) is 0 Å². The number of nitrogens with one attached hydrogen (secondary N) is 3. The van der Waals surface area contributed by atoms with Crippen molar-refractivity contribution in [1.29, 1.82) is 0 Å². The molecule has 0 spiro atoms. The summed E-state index contributed by atoms with van der Waals surface area (Å²) in [4.78, 5) is 57.6. The van der Waals surface area contributed by atoms with Crippen LogP contribution in [0.5, 0.6) is 0 Å². The van der Waals surface area contributed by atoms with Crippen LogP contribution in [-0.2, 0) is 20.9 Å². The van der Waals surface area contributed by atoms with Crippen LogP contribution in [0.15, 0.2) is 84.2 Å². The molecule has 11 nitrogen and oxygen atoms in total. The molecule has 4 aliphatic rings. The molecular formula is C44H48FN7O4. The average molecular weight is 758 g/mol. The van der Waals surface area contributed by atoms with Crippen molar-refractivity contribution in [2.45, 2.75) is 71.0 Å². The minimum atomic E-state index is -0.681. The number of methoxy groups -OCH3 is 1. The van der Waals surface area contributed by atoms with Gasteiger partial charge in [0.25, 0.3) is 0 Å². The van der Waals surface area contributed by atoms with Crippen molar-refractivity contribution in [2.24, 2.45) is 34.6 Å². The van der Waals surface area contributed by atoms with Crippen LogP contribution in [0.25, 0.3) is 28.0 Å². The van der Waals surface area contributed by atoms with E-state index in [1.54, 1.807) is 6.07 Å². The molecule has 12 heteroatoms. The van der Waals surface area contributed by atoms with Crippen molar-refractivity contribution >= 4 is 29.2 Å². The first kappa shape index (κ1) is 37.3. The fourth-order valence-electron chi connectivity index (χ4n) is 9.36. The summed E-state index contributed by atoms with van der Waals surface area (Å²) in [6.07, 6.45) is 10.3. The van der Waals surface area contributed by atoms with E-state index < -0.39 is 18.1 Å². The number of hydrogen-bond acceptors (Lipinski definition) is 7. The van der Waals surface area contributed by atoms with Gasteiger partial charge in [0, 0.05) is 49.5 Å².